The number of esters is 1. The lowest BCUT2D eigenvalue weighted by Gasteiger charge is -2.22. The van der Waals surface area contributed by atoms with Crippen molar-refractivity contribution >= 4 is 23.1 Å². The van der Waals surface area contributed by atoms with Crippen LogP contribution in [0.25, 0.3) is 0 Å². The van der Waals surface area contributed by atoms with Gasteiger partial charge in [0.2, 0.25) is 0 Å². The molecule has 0 amide bonds. The van der Waals surface area contributed by atoms with Crippen molar-refractivity contribution in [2.45, 2.75) is 18.8 Å². The normalized spacial score (nSPS) is 17.9. The summed E-state index contributed by atoms with van der Waals surface area (Å²) in [5.74, 6) is -0.727. The Morgan fingerprint density at radius 2 is 2.05 bits per heavy atom. The molecule has 1 unspecified atom stereocenters. The molecule has 0 aliphatic heterocycles. The Labute approximate surface area is 114 Å². The molecule has 2 aromatic rings. The van der Waals surface area contributed by atoms with Gasteiger partial charge in [-0.15, -0.1) is 11.3 Å². The second-order valence-corrected chi connectivity index (χ2v) is 5.43. The van der Waals surface area contributed by atoms with E-state index in [-0.39, 0.29) is 18.2 Å². The fourth-order valence-electron chi connectivity index (χ4n) is 2.36. The molecule has 0 fully saturated rings. The zero-order chi connectivity index (χ0) is 13.2. The molecular weight excluding hydrogens is 260 g/mol. The average molecular weight is 272 g/mol. The van der Waals surface area contributed by atoms with Crippen LogP contribution in [0.15, 0.2) is 41.8 Å². The Kier molecular flexibility index (Phi) is 3.17. The van der Waals surface area contributed by atoms with E-state index in [1.165, 1.54) is 11.3 Å². The van der Waals surface area contributed by atoms with E-state index in [0.717, 1.165) is 11.1 Å². The molecule has 0 spiro atoms. The van der Waals surface area contributed by atoms with Crippen LogP contribution < -0.4 is 4.74 Å². The molecule has 1 heterocycles. The van der Waals surface area contributed by atoms with Crippen LogP contribution in [-0.2, 0) is 16.0 Å². The lowest BCUT2D eigenvalue weighted by atomic mass is 9.82. The van der Waals surface area contributed by atoms with Crippen LogP contribution in [0.2, 0.25) is 0 Å². The van der Waals surface area contributed by atoms with Crippen molar-refractivity contribution in [3.63, 3.8) is 0 Å². The van der Waals surface area contributed by atoms with E-state index in [2.05, 4.69) is 0 Å². The first-order valence-electron chi connectivity index (χ1n) is 6.09. The van der Waals surface area contributed by atoms with Crippen LogP contribution in [0.4, 0.5) is 0 Å². The molecule has 3 rings (SSSR count). The third kappa shape index (κ3) is 2.44. The number of rotatable bonds is 2. The average Bonchev–Trinajstić information content (AvgIpc) is 2.90. The van der Waals surface area contributed by atoms with Gasteiger partial charge in [0.05, 0.1) is 5.92 Å². The number of benzene rings is 1. The minimum atomic E-state index is -0.473. The number of hydrogen-bond donors (Lipinski definition) is 0. The zero-order valence-electron chi connectivity index (χ0n) is 10.2. The van der Waals surface area contributed by atoms with Gasteiger partial charge in [-0.3, -0.25) is 9.59 Å². The van der Waals surface area contributed by atoms with E-state index in [4.69, 9.17) is 4.74 Å². The maximum Gasteiger partial charge on any atom is 0.320 e. The highest BCUT2D eigenvalue weighted by Crippen LogP contribution is 2.32. The molecule has 1 aromatic carbocycles. The smallest absolute Gasteiger partial charge is 0.320 e. The number of hydrogen-bond acceptors (Lipinski definition) is 4. The molecule has 1 aromatic heterocycles. The van der Waals surface area contributed by atoms with Crippen molar-refractivity contribution in [2.24, 2.45) is 0 Å². The molecule has 0 radical (unpaired) electrons. The minimum Gasteiger partial charge on any atom is -0.415 e. The van der Waals surface area contributed by atoms with Gasteiger partial charge in [-0.25, -0.2) is 0 Å². The standard InChI is InChI=1S/C15H12O3S/c16-11-8-10-4-1-2-5-12(10)13(9-11)15(17)18-14-6-3-7-19-14/h1-7,13H,8-9H2. The summed E-state index contributed by atoms with van der Waals surface area (Å²) in [5, 5.41) is 2.42. The van der Waals surface area contributed by atoms with Gasteiger partial charge in [-0.2, -0.15) is 0 Å². The molecule has 1 aliphatic carbocycles. The van der Waals surface area contributed by atoms with E-state index in [9.17, 15) is 9.59 Å². The molecule has 1 aliphatic rings. The fraction of sp³-hybridized carbons (Fsp3) is 0.200. The third-order valence-corrected chi connectivity index (χ3v) is 3.98. The molecule has 0 saturated heterocycles. The molecule has 3 nitrogen and oxygen atoms in total. The molecule has 1 atom stereocenters. The third-order valence-electron chi connectivity index (χ3n) is 3.23. The van der Waals surface area contributed by atoms with Crippen molar-refractivity contribution in [3.05, 3.63) is 52.9 Å². The Hall–Kier alpha value is -1.94. The Morgan fingerprint density at radius 3 is 2.84 bits per heavy atom. The number of carbonyl (C=O) groups is 2. The number of Topliss-reactive ketones (excluding diaryl/α,β-unsaturated/α-hetero) is 1. The van der Waals surface area contributed by atoms with Gasteiger partial charge in [-0.1, -0.05) is 24.3 Å². The van der Waals surface area contributed by atoms with Crippen molar-refractivity contribution < 1.29 is 14.3 Å². The van der Waals surface area contributed by atoms with E-state index in [1.807, 2.05) is 35.7 Å². The number of ether oxygens (including phenoxy) is 1. The highest BCUT2D eigenvalue weighted by atomic mass is 32.1. The first kappa shape index (κ1) is 12.1. The molecular formula is C15H12O3S. The topological polar surface area (TPSA) is 43.4 Å². The lowest BCUT2D eigenvalue weighted by molar-refractivity contribution is -0.138. The van der Waals surface area contributed by atoms with Crippen LogP contribution >= 0.6 is 11.3 Å². The van der Waals surface area contributed by atoms with Gasteiger partial charge in [0.1, 0.15) is 5.78 Å². The summed E-state index contributed by atoms with van der Waals surface area (Å²) in [4.78, 5) is 23.9. The van der Waals surface area contributed by atoms with Crippen molar-refractivity contribution in [2.75, 3.05) is 0 Å². The summed E-state index contributed by atoms with van der Waals surface area (Å²) < 4.78 is 5.33. The first-order chi connectivity index (χ1) is 9.24. The molecule has 4 heteroatoms. The molecule has 19 heavy (non-hydrogen) atoms. The van der Waals surface area contributed by atoms with Crippen LogP contribution in [0.1, 0.15) is 23.5 Å². The molecule has 0 N–H and O–H groups in total. The predicted octanol–water partition coefficient (Wildman–Crippen LogP) is 2.95. The summed E-state index contributed by atoms with van der Waals surface area (Å²) in [6.45, 7) is 0. The number of thiophene rings is 1. The molecule has 0 bridgehead atoms. The number of fused-ring (bicyclic) bond motifs is 1. The highest BCUT2D eigenvalue weighted by Gasteiger charge is 2.31. The molecule has 0 saturated carbocycles. The maximum absolute atomic E-state index is 12.2. The van der Waals surface area contributed by atoms with E-state index in [0.29, 0.717) is 11.5 Å². The second-order valence-electron chi connectivity index (χ2n) is 4.52. The summed E-state index contributed by atoms with van der Waals surface area (Å²) in [5.41, 5.74) is 1.86. The van der Waals surface area contributed by atoms with Gasteiger partial charge < -0.3 is 4.74 Å². The second kappa shape index (κ2) is 4.97. The Balaban J connectivity index is 1.88. The zero-order valence-corrected chi connectivity index (χ0v) is 11.0. The van der Waals surface area contributed by atoms with Gasteiger partial charge in [0.15, 0.2) is 5.06 Å². The highest BCUT2D eigenvalue weighted by molar-refractivity contribution is 7.11. The number of carbonyl (C=O) groups excluding carboxylic acids is 2. The van der Waals surface area contributed by atoms with Crippen LogP contribution in [0.5, 0.6) is 5.06 Å². The Morgan fingerprint density at radius 1 is 1.21 bits per heavy atom. The van der Waals surface area contributed by atoms with Crippen molar-refractivity contribution in [1.29, 1.82) is 0 Å². The Bertz CT molecular complexity index is 616. The lowest BCUT2D eigenvalue weighted by Crippen LogP contribution is -2.27. The quantitative estimate of drug-likeness (QED) is 0.789. The first-order valence-corrected chi connectivity index (χ1v) is 6.96. The number of ketones is 1. The van der Waals surface area contributed by atoms with Crippen LogP contribution in [0, 0.1) is 0 Å². The van der Waals surface area contributed by atoms with Crippen molar-refractivity contribution in [3.8, 4) is 5.06 Å². The van der Waals surface area contributed by atoms with E-state index in [1.54, 1.807) is 6.07 Å². The van der Waals surface area contributed by atoms with Gasteiger partial charge in [0, 0.05) is 12.8 Å². The fourth-order valence-corrected chi connectivity index (χ4v) is 2.94. The molecule has 96 valence electrons. The largest absolute Gasteiger partial charge is 0.415 e. The van der Waals surface area contributed by atoms with E-state index < -0.39 is 5.92 Å². The summed E-state index contributed by atoms with van der Waals surface area (Å²) in [7, 11) is 0. The monoisotopic (exact) mass is 272 g/mol. The predicted molar refractivity (Wildman–Crippen MR) is 72.5 cm³/mol. The van der Waals surface area contributed by atoms with Crippen molar-refractivity contribution in [1.82, 2.24) is 0 Å². The van der Waals surface area contributed by atoms with E-state index >= 15 is 0 Å². The summed E-state index contributed by atoms with van der Waals surface area (Å²) in [6, 6.07) is 11.2. The van der Waals surface area contributed by atoms with Crippen LogP contribution in [0.3, 0.4) is 0 Å². The van der Waals surface area contributed by atoms with Gasteiger partial charge in [0.25, 0.3) is 0 Å². The SMILES string of the molecule is O=C1Cc2ccccc2C(C(=O)Oc2cccs2)C1. The van der Waals surface area contributed by atoms with Crippen LogP contribution in [-0.4, -0.2) is 11.8 Å². The van der Waals surface area contributed by atoms with Gasteiger partial charge >= 0.3 is 5.97 Å². The summed E-state index contributed by atoms with van der Waals surface area (Å²) >= 11 is 1.37. The minimum absolute atomic E-state index is 0.0897. The summed E-state index contributed by atoms with van der Waals surface area (Å²) in [6.07, 6.45) is 0.653. The maximum atomic E-state index is 12.2. The van der Waals surface area contributed by atoms with Gasteiger partial charge in [-0.05, 0) is 28.6 Å².